The quantitative estimate of drug-likeness (QED) is 0.0563. The summed E-state index contributed by atoms with van der Waals surface area (Å²) in [7, 11) is 0. The average molecular weight is 975 g/mol. The van der Waals surface area contributed by atoms with E-state index in [1.54, 1.807) is 0 Å². The lowest BCUT2D eigenvalue weighted by atomic mass is 10.1. The minimum Gasteiger partial charge on any atom is -0.377 e. The van der Waals surface area contributed by atoms with Crippen LogP contribution in [0.2, 0.25) is 0 Å². The van der Waals surface area contributed by atoms with Gasteiger partial charge in [-0.3, -0.25) is 0 Å². The van der Waals surface area contributed by atoms with Gasteiger partial charge in [0.25, 0.3) is 0 Å². The fraction of sp³-hybridized carbons (Fsp3) is 0.176. The van der Waals surface area contributed by atoms with Gasteiger partial charge in [-0.05, 0) is 166 Å². The number of thiophene rings is 1. The van der Waals surface area contributed by atoms with Crippen LogP contribution in [0, 0.1) is 0 Å². The van der Waals surface area contributed by atoms with Gasteiger partial charge in [-0.2, -0.15) is 0 Å². The molecule has 4 nitrogen and oxygen atoms in total. The maximum absolute atomic E-state index is 6.11. The van der Waals surface area contributed by atoms with Gasteiger partial charge < -0.3 is 19.3 Å². The summed E-state index contributed by atoms with van der Waals surface area (Å²) in [5.41, 5.74) is 18.9. The number of ether oxygens (including phenoxy) is 2. The van der Waals surface area contributed by atoms with E-state index in [-0.39, 0.29) is 0 Å². The average Bonchev–Trinajstić information content (AvgIpc) is 3.94. The molecule has 0 amide bonds. The Kier molecular flexibility index (Phi) is 17.4. The third-order valence-electron chi connectivity index (χ3n) is 13.3. The molecule has 0 saturated heterocycles. The Bertz CT molecular complexity index is 3120. The van der Waals surface area contributed by atoms with Crippen molar-refractivity contribution in [2.75, 3.05) is 16.4 Å². The molecular formula is C68H66N2O2S. The molecule has 0 N–H and O–H groups in total. The van der Waals surface area contributed by atoms with Gasteiger partial charge in [0.05, 0.1) is 19.8 Å². The molecule has 366 valence electrons. The monoisotopic (exact) mass is 974 g/mol. The fourth-order valence-electron chi connectivity index (χ4n) is 9.20. The van der Waals surface area contributed by atoms with Crippen molar-refractivity contribution in [3.63, 3.8) is 0 Å². The highest BCUT2D eigenvalue weighted by molar-refractivity contribution is 7.18. The zero-order valence-corrected chi connectivity index (χ0v) is 43.2. The van der Waals surface area contributed by atoms with Crippen LogP contribution < -0.4 is 9.80 Å². The molecule has 73 heavy (non-hydrogen) atoms. The number of aryl methyl sites for hydroxylation is 3. The third kappa shape index (κ3) is 13.3. The Balaban J connectivity index is 0.879. The van der Waals surface area contributed by atoms with Crippen LogP contribution in [0.4, 0.5) is 34.1 Å². The molecule has 9 rings (SSSR count). The van der Waals surface area contributed by atoms with E-state index >= 15 is 0 Å². The van der Waals surface area contributed by atoms with Crippen LogP contribution in [0.25, 0.3) is 33.0 Å². The molecule has 0 aliphatic heterocycles. The molecule has 0 unspecified atom stereocenters. The smallest absolute Gasteiger partial charge is 0.0721 e. The second-order valence-electron chi connectivity index (χ2n) is 18.6. The molecule has 0 aliphatic carbocycles. The summed E-state index contributed by atoms with van der Waals surface area (Å²) in [5.74, 6) is 0. The lowest BCUT2D eigenvalue weighted by Gasteiger charge is -2.26. The van der Waals surface area contributed by atoms with Crippen LogP contribution in [-0.2, 0) is 48.6 Å². The molecule has 0 aliphatic rings. The molecule has 8 aromatic carbocycles. The van der Waals surface area contributed by atoms with Gasteiger partial charge in [-0.25, -0.2) is 0 Å². The SMILES string of the molecule is C=Cc1ccc(COCCCc2ccc(N(c3ccc(CCC)cc3)c3ccc(-c4ccc(-c5ccc(N(c6ccc(CCC)cc6)c6ccc(COCc7ccc(C=C)cc7)cc6)cc5)s4)cc3)cc2)cc1. The fourth-order valence-corrected chi connectivity index (χ4v) is 10.2. The highest BCUT2D eigenvalue weighted by Crippen LogP contribution is 2.41. The normalized spacial score (nSPS) is 11.1. The lowest BCUT2D eigenvalue weighted by molar-refractivity contribution is 0.107. The lowest BCUT2D eigenvalue weighted by Crippen LogP contribution is -2.10. The van der Waals surface area contributed by atoms with Crippen molar-refractivity contribution < 1.29 is 9.47 Å². The van der Waals surface area contributed by atoms with Gasteiger partial charge in [0.1, 0.15) is 0 Å². The maximum atomic E-state index is 6.11. The van der Waals surface area contributed by atoms with Crippen LogP contribution >= 0.6 is 11.3 Å². The van der Waals surface area contributed by atoms with Crippen LogP contribution in [0.3, 0.4) is 0 Å². The Morgan fingerprint density at radius 3 is 1.00 bits per heavy atom. The van der Waals surface area contributed by atoms with E-state index < -0.39 is 0 Å². The van der Waals surface area contributed by atoms with Crippen LogP contribution in [0.5, 0.6) is 0 Å². The van der Waals surface area contributed by atoms with E-state index in [9.17, 15) is 0 Å². The summed E-state index contributed by atoms with van der Waals surface area (Å²) in [6.07, 6.45) is 10.1. The molecule has 0 bridgehead atoms. The molecule has 0 spiro atoms. The Labute approximate surface area is 438 Å². The largest absolute Gasteiger partial charge is 0.377 e. The summed E-state index contributed by atoms with van der Waals surface area (Å²) >= 11 is 1.83. The molecule has 0 atom stereocenters. The van der Waals surface area contributed by atoms with Gasteiger partial charge in [-0.15, -0.1) is 11.3 Å². The Morgan fingerprint density at radius 2 is 0.658 bits per heavy atom. The van der Waals surface area contributed by atoms with Gasteiger partial charge >= 0.3 is 0 Å². The summed E-state index contributed by atoms with van der Waals surface area (Å²) in [4.78, 5) is 7.18. The number of benzene rings is 8. The summed E-state index contributed by atoms with van der Waals surface area (Å²) in [6, 6.07) is 75.1. The first-order valence-corrected chi connectivity index (χ1v) is 26.6. The highest BCUT2D eigenvalue weighted by Gasteiger charge is 2.16. The number of nitrogens with zero attached hydrogens (tertiary/aromatic N) is 2. The van der Waals surface area contributed by atoms with Crippen molar-refractivity contribution in [2.45, 2.75) is 72.2 Å². The van der Waals surface area contributed by atoms with Gasteiger partial charge in [-0.1, -0.05) is 173 Å². The molecule has 1 aromatic heterocycles. The highest BCUT2D eigenvalue weighted by atomic mass is 32.1. The van der Waals surface area contributed by atoms with Crippen molar-refractivity contribution in [3.05, 3.63) is 264 Å². The van der Waals surface area contributed by atoms with Gasteiger partial charge in [0, 0.05) is 50.5 Å². The number of rotatable bonds is 24. The predicted octanol–water partition coefficient (Wildman–Crippen LogP) is 19.1. The number of hydrogen-bond acceptors (Lipinski definition) is 5. The predicted molar refractivity (Wildman–Crippen MR) is 312 cm³/mol. The molecule has 0 radical (unpaired) electrons. The molecule has 5 heteroatoms. The molecule has 0 fully saturated rings. The van der Waals surface area contributed by atoms with E-state index in [0.29, 0.717) is 19.8 Å². The second-order valence-corrected chi connectivity index (χ2v) is 19.7. The molecule has 1 heterocycles. The van der Waals surface area contributed by atoms with Crippen molar-refractivity contribution in [2.24, 2.45) is 0 Å². The van der Waals surface area contributed by atoms with E-state index in [2.05, 4.69) is 243 Å². The number of anilines is 6. The molecule has 9 aromatic rings. The number of hydrogen-bond donors (Lipinski definition) is 0. The second kappa shape index (κ2) is 25.2. The van der Waals surface area contributed by atoms with Crippen LogP contribution in [0.15, 0.2) is 219 Å². The van der Waals surface area contributed by atoms with Crippen molar-refractivity contribution >= 4 is 57.6 Å². The minimum atomic E-state index is 0.545. The summed E-state index contributed by atoms with van der Waals surface area (Å²) in [6.45, 7) is 14.6. The maximum Gasteiger partial charge on any atom is 0.0721 e. The first-order valence-electron chi connectivity index (χ1n) is 25.8. The third-order valence-corrected chi connectivity index (χ3v) is 14.5. The molecular weight excluding hydrogens is 909 g/mol. The Morgan fingerprint density at radius 1 is 0.356 bits per heavy atom. The molecule has 0 saturated carbocycles. The zero-order chi connectivity index (χ0) is 50.2. The van der Waals surface area contributed by atoms with Gasteiger partial charge in [0.15, 0.2) is 0 Å². The van der Waals surface area contributed by atoms with E-state index in [1.165, 1.54) is 43.1 Å². The topological polar surface area (TPSA) is 24.9 Å². The van der Waals surface area contributed by atoms with E-state index in [1.807, 2.05) is 23.5 Å². The first-order chi connectivity index (χ1) is 36.0. The van der Waals surface area contributed by atoms with Crippen LogP contribution in [-0.4, -0.2) is 6.61 Å². The van der Waals surface area contributed by atoms with E-state index in [0.717, 1.165) is 102 Å². The minimum absolute atomic E-state index is 0.545. The standard InChI is InChI=1S/C68H66N2O2S/c1-5-10-53-21-33-61(34-22-53)69(63-37-25-55(26-38-63)12-9-47-71-48-56-17-13-51(7-3)14-18-56)65-41-29-59(30-42-65)67-45-46-68(73-67)60-31-43-66(44-32-60)70(62-35-23-54(11-6-2)24-36-62)64-39-27-58(28-40-64)50-72-49-57-19-15-52(8-4)16-20-57/h7-8,13-46H,3-6,9-12,47-50H2,1-2H3. The Hall–Kier alpha value is -7.54. The zero-order valence-electron chi connectivity index (χ0n) is 42.4. The van der Waals surface area contributed by atoms with E-state index in [4.69, 9.17) is 9.47 Å². The summed E-state index contributed by atoms with van der Waals surface area (Å²) in [5, 5.41) is 0. The van der Waals surface area contributed by atoms with Crippen molar-refractivity contribution in [1.82, 2.24) is 0 Å². The first kappa shape index (κ1) is 50.4. The van der Waals surface area contributed by atoms with Crippen LogP contribution in [0.1, 0.15) is 77.6 Å². The van der Waals surface area contributed by atoms with Crippen molar-refractivity contribution in [3.8, 4) is 20.9 Å². The van der Waals surface area contributed by atoms with Crippen molar-refractivity contribution in [1.29, 1.82) is 0 Å². The summed E-state index contributed by atoms with van der Waals surface area (Å²) < 4.78 is 12.1. The van der Waals surface area contributed by atoms with Gasteiger partial charge in [0.2, 0.25) is 0 Å².